The second-order valence-electron chi connectivity index (χ2n) is 6.08. The van der Waals surface area contributed by atoms with Crippen LogP contribution >= 0.6 is 11.8 Å². The van der Waals surface area contributed by atoms with Gasteiger partial charge in [-0.3, -0.25) is 0 Å². The molecule has 1 saturated heterocycles. The Morgan fingerprint density at radius 2 is 1.76 bits per heavy atom. The molecule has 0 amide bonds. The van der Waals surface area contributed by atoms with Crippen molar-refractivity contribution in [2.75, 3.05) is 12.4 Å². The zero-order chi connectivity index (χ0) is 15.2. The Morgan fingerprint density at radius 3 is 2.43 bits per heavy atom. The Bertz CT molecular complexity index is 409. The maximum Gasteiger partial charge on any atom is 0.106 e. The summed E-state index contributed by atoms with van der Waals surface area (Å²) in [4.78, 5) is 0. The Balaban J connectivity index is 1.86. The van der Waals surface area contributed by atoms with Gasteiger partial charge in [-0.05, 0) is 29.1 Å². The van der Waals surface area contributed by atoms with Gasteiger partial charge in [0.15, 0.2) is 0 Å². The van der Waals surface area contributed by atoms with Crippen molar-refractivity contribution in [3.63, 3.8) is 0 Å². The Hall–Kier alpha value is -0.510. The fourth-order valence-electron chi connectivity index (χ4n) is 2.90. The molecule has 5 atom stereocenters. The molecule has 2 rings (SSSR count). The van der Waals surface area contributed by atoms with Crippen molar-refractivity contribution in [2.24, 2.45) is 17.8 Å². The van der Waals surface area contributed by atoms with E-state index < -0.39 is 0 Å². The molecule has 118 valence electrons. The number of rotatable bonds is 6. The van der Waals surface area contributed by atoms with Gasteiger partial charge in [0.05, 0.1) is 19.3 Å². The molecule has 1 heterocycles. The third kappa shape index (κ3) is 4.48. The summed E-state index contributed by atoms with van der Waals surface area (Å²) in [7, 11) is 0. The summed E-state index contributed by atoms with van der Waals surface area (Å²) >= 11 is 1.92. The molecule has 1 aliphatic heterocycles. The van der Waals surface area contributed by atoms with Crippen molar-refractivity contribution >= 4 is 11.8 Å². The van der Waals surface area contributed by atoms with Crippen LogP contribution in [0.3, 0.4) is 0 Å². The first kappa shape index (κ1) is 16.9. The summed E-state index contributed by atoms with van der Waals surface area (Å²) in [5.74, 6) is 2.93. The Morgan fingerprint density at radius 1 is 1.05 bits per heavy atom. The van der Waals surface area contributed by atoms with Gasteiger partial charge in [-0.1, -0.05) is 58.0 Å². The van der Waals surface area contributed by atoms with E-state index in [-0.39, 0.29) is 6.10 Å². The van der Waals surface area contributed by atoms with Gasteiger partial charge < -0.3 is 9.47 Å². The lowest BCUT2D eigenvalue weighted by Crippen LogP contribution is -2.45. The molecule has 2 unspecified atom stereocenters. The average Bonchev–Trinajstić information content (AvgIpc) is 2.51. The summed E-state index contributed by atoms with van der Waals surface area (Å²) in [6.45, 7) is 10.5. The Kier molecular flexibility index (Phi) is 6.59. The van der Waals surface area contributed by atoms with Crippen LogP contribution in [0.25, 0.3) is 0 Å². The van der Waals surface area contributed by atoms with Crippen LogP contribution in [-0.4, -0.2) is 23.9 Å². The zero-order valence-electron chi connectivity index (χ0n) is 13.6. The quantitative estimate of drug-likeness (QED) is 0.766. The molecule has 21 heavy (non-hydrogen) atoms. The van der Waals surface area contributed by atoms with Crippen LogP contribution in [-0.2, 0) is 16.1 Å². The van der Waals surface area contributed by atoms with Crippen molar-refractivity contribution in [1.82, 2.24) is 0 Å². The van der Waals surface area contributed by atoms with E-state index in [1.54, 1.807) is 0 Å². The normalized spacial score (nSPS) is 33.0. The molecule has 3 heteroatoms. The molecular formula is C18H28O2S. The highest BCUT2D eigenvalue weighted by atomic mass is 32.2. The highest BCUT2D eigenvalue weighted by Gasteiger charge is 2.38. The van der Waals surface area contributed by atoms with E-state index in [0.717, 1.165) is 5.75 Å². The minimum Gasteiger partial charge on any atom is -0.374 e. The van der Waals surface area contributed by atoms with Crippen LogP contribution in [0.2, 0.25) is 0 Å². The molecule has 0 saturated carbocycles. The molecule has 0 radical (unpaired) electrons. The van der Waals surface area contributed by atoms with Crippen LogP contribution in [0, 0.1) is 17.8 Å². The first-order chi connectivity index (χ1) is 10.1. The van der Waals surface area contributed by atoms with E-state index >= 15 is 0 Å². The van der Waals surface area contributed by atoms with E-state index in [2.05, 4.69) is 52.0 Å². The number of ether oxygens (including phenoxy) is 2. The fourth-order valence-corrected chi connectivity index (χ4v) is 4.00. The predicted octanol–water partition coefficient (Wildman–Crippen LogP) is 4.59. The van der Waals surface area contributed by atoms with E-state index in [4.69, 9.17) is 9.47 Å². The molecule has 1 fully saturated rings. The van der Waals surface area contributed by atoms with E-state index in [1.165, 1.54) is 5.56 Å². The maximum absolute atomic E-state index is 6.30. The third-order valence-electron chi connectivity index (χ3n) is 4.71. The standard InChI is InChI=1S/C18H28O2S/c1-5-21-18-15(4)13(2)14(3)17(20-18)12-19-11-16-9-7-6-8-10-16/h6-10,13-15,17-18H,5,11-12H2,1-4H3/t13-,14+,15?,17?,18-/m0/s1. The molecule has 1 aromatic rings. The van der Waals surface area contributed by atoms with Gasteiger partial charge in [-0.25, -0.2) is 0 Å². The smallest absolute Gasteiger partial charge is 0.106 e. The average molecular weight is 308 g/mol. The summed E-state index contributed by atoms with van der Waals surface area (Å²) in [6, 6.07) is 10.3. The zero-order valence-corrected chi connectivity index (χ0v) is 14.4. The largest absolute Gasteiger partial charge is 0.374 e. The highest BCUT2D eigenvalue weighted by Crippen LogP contribution is 2.39. The van der Waals surface area contributed by atoms with Crippen LogP contribution in [0.15, 0.2) is 30.3 Å². The predicted molar refractivity (Wildman–Crippen MR) is 90.4 cm³/mol. The monoisotopic (exact) mass is 308 g/mol. The van der Waals surface area contributed by atoms with Crippen LogP contribution in [0.1, 0.15) is 33.3 Å². The number of benzene rings is 1. The molecule has 0 bridgehead atoms. The lowest BCUT2D eigenvalue weighted by molar-refractivity contribution is -0.125. The van der Waals surface area contributed by atoms with Gasteiger partial charge >= 0.3 is 0 Å². The highest BCUT2D eigenvalue weighted by molar-refractivity contribution is 7.99. The second kappa shape index (κ2) is 8.21. The summed E-state index contributed by atoms with van der Waals surface area (Å²) in [5.41, 5.74) is 1.54. The van der Waals surface area contributed by atoms with Crippen molar-refractivity contribution in [1.29, 1.82) is 0 Å². The topological polar surface area (TPSA) is 18.5 Å². The molecule has 1 aliphatic rings. The van der Waals surface area contributed by atoms with E-state index in [0.29, 0.717) is 36.4 Å². The molecular weight excluding hydrogens is 280 g/mol. The Labute approximate surface area is 133 Å². The van der Waals surface area contributed by atoms with Gasteiger partial charge in [0.2, 0.25) is 0 Å². The minimum atomic E-state index is 0.212. The molecule has 1 aromatic carbocycles. The van der Waals surface area contributed by atoms with E-state index in [1.807, 2.05) is 17.8 Å². The van der Waals surface area contributed by atoms with Crippen LogP contribution in [0.5, 0.6) is 0 Å². The van der Waals surface area contributed by atoms with Crippen molar-refractivity contribution in [3.8, 4) is 0 Å². The number of hydrogen-bond acceptors (Lipinski definition) is 3. The first-order valence-electron chi connectivity index (χ1n) is 8.02. The summed E-state index contributed by atoms with van der Waals surface area (Å²) in [5, 5.41) is 0. The molecule has 0 aromatic heterocycles. The maximum atomic E-state index is 6.30. The number of thioether (sulfide) groups is 1. The van der Waals surface area contributed by atoms with Crippen molar-refractivity contribution in [2.45, 2.75) is 45.8 Å². The SMILES string of the molecule is CCS[C@@H]1OC(COCc2ccccc2)[C@H](C)[C@H](C)C1C. The molecule has 0 aliphatic carbocycles. The van der Waals surface area contributed by atoms with Crippen LogP contribution < -0.4 is 0 Å². The lowest BCUT2D eigenvalue weighted by atomic mass is 9.80. The second-order valence-corrected chi connectivity index (χ2v) is 7.45. The van der Waals surface area contributed by atoms with Crippen LogP contribution in [0.4, 0.5) is 0 Å². The van der Waals surface area contributed by atoms with Crippen molar-refractivity contribution < 1.29 is 9.47 Å². The van der Waals surface area contributed by atoms with E-state index in [9.17, 15) is 0 Å². The summed E-state index contributed by atoms with van der Waals surface area (Å²) < 4.78 is 12.2. The van der Waals surface area contributed by atoms with Gasteiger partial charge in [0.1, 0.15) is 5.44 Å². The van der Waals surface area contributed by atoms with Gasteiger partial charge in [-0.15, -0.1) is 11.8 Å². The molecule has 0 spiro atoms. The lowest BCUT2D eigenvalue weighted by Gasteiger charge is -2.43. The summed E-state index contributed by atoms with van der Waals surface area (Å²) in [6.07, 6.45) is 0.212. The third-order valence-corrected chi connectivity index (χ3v) is 5.91. The van der Waals surface area contributed by atoms with Gasteiger partial charge in [-0.2, -0.15) is 0 Å². The van der Waals surface area contributed by atoms with Gasteiger partial charge in [0.25, 0.3) is 0 Å². The number of hydrogen-bond donors (Lipinski definition) is 0. The molecule has 0 N–H and O–H groups in total. The minimum absolute atomic E-state index is 0.212. The van der Waals surface area contributed by atoms with Gasteiger partial charge in [0, 0.05) is 0 Å². The fraction of sp³-hybridized carbons (Fsp3) is 0.667. The molecule has 2 nitrogen and oxygen atoms in total. The first-order valence-corrected chi connectivity index (χ1v) is 9.07. The van der Waals surface area contributed by atoms with Crippen molar-refractivity contribution in [3.05, 3.63) is 35.9 Å².